The van der Waals surface area contributed by atoms with E-state index in [9.17, 15) is 40.3 Å². The molecule has 2 unspecified atom stereocenters. The third-order valence-electron chi connectivity index (χ3n) is 7.40. The van der Waals surface area contributed by atoms with Crippen molar-refractivity contribution in [3.63, 3.8) is 0 Å². The molecule has 1 N–H and O–H groups in total. The molecule has 6 nitrogen and oxygen atoms in total. The van der Waals surface area contributed by atoms with Gasteiger partial charge in [-0.1, -0.05) is 6.07 Å². The summed E-state index contributed by atoms with van der Waals surface area (Å²) in [6.45, 7) is 3.24. The van der Waals surface area contributed by atoms with E-state index in [1.807, 2.05) is 4.90 Å². The minimum atomic E-state index is -5.01. The lowest BCUT2D eigenvalue weighted by Gasteiger charge is -2.40. The molecule has 14 heteroatoms. The van der Waals surface area contributed by atoms with E-state index in [-0.39, 0.29) is 42.9 Å². The number of anilines is 2. The van der Waals surface area contributed by atoms with E-state index in [0.29, 0.717) is 41.3 Å². The molecule has 1 fully saturated rings. The predicted molar refractivity (Wildman–Crippen MR) is 153 cm³/mol. The number of pyridine rings is 1. The quantitative estimate of drug-likeness (QED) is 0.288. The number of nitrogens with zero attached hydrogens (tertiary/aromatic N) is 3. The van der Waals surface area contributed by atoms with Crippen LogP contribution in [0.3, 0.4) is 0 Å². The molecule has 44 heavy (non-hydrogen) atoms. The number of rotatable bonds is 6. The second-order valence-electron chi connectivity index (χ2n) is 10.6. The average Bonchev–Trinajstić information content (AvgIpc) is 2.91. The van der Waals surface area contributed by atoms with Crippen LogP contribution in [0, 0.1) is 18.7 Å². The summed E-state index contributed by atoms with van der Waals surface area (Å²) in [5, 5.41) is 2.63. The SMILES string of the molecule is CC(=O)Nc1ccc(N2CCC(C(=O)N(C)Cc3cc(C(F)(F)F)cc(C(F)(F)F)c3)C(c3ccc(F)cc3C)C2)nc1.Cl. The molecule has 1 aliphatic heterocycles. The van der Waals surface area contributed by atoms with Crippen molar-refractivity contribution in [3.8, 4) is 0 Å². The number of nitrogens with one attached hydrogen (secondary N) is 1. The summed E-state index contributed by atoms with van der Waals surface area (Å²) < 4.78 is 94.2. The fourth-order valence-corrected chi connectivity index (χ4v) is 5.42. The lowest BCUT2D eigenvalue weighted by Crippen LogP contribution is -2.46. The maximum atomic E-state index is 14.0. The Morgan fingerprint density at radius 2 is 1.64 bits per heavy atom. The number of aryl methyl sites for hydroxylation is 1. The molecule has 0 saturated carbocycles. The van der Waals surface area contributed by atoms with E-state index >= 15 is 0 Å². The van der Waals surface area contributed by atoms with Gasteiger partial charge in [0.1, 0.15) is 11.6 Å². The van der Waals surface area contributed by atoms with Gasteiger partial charge < -0.3 is 15.1 Å². The second-order valence-corrected chi connectivity index (χ2v) is 10.6. The zero-order valence-corrected chi connectivity index (χ0v) is 24.7. The van der Waals surface area contributed by atoms with E-state index in [4.69, 9.17) is 0 Å². The van der Waals surface area contributed by atoms with Crippen molar-refractivity contribution in [2.75, 3.05) is 30.4 Å². The van der Waals surface area contributed by atoms with Crippen molar-refractivity contribution in [3.05, 3.63) is 88.4 Å². The van der Waals surface area contributed by atoms with Gasteiger partial charge in [0.25, 0.3) is 0 Å². The van der Waals surface area contributed by atoms with Crippen molar-refractivity contribution >= 4 is 35.7 Å². The van der Waals surface area contributed by atoms with Crippen LogP contribution in [0.15, 0.2) is 54.7 Å². The molecule has 0 aliphatic carbocycles. The van der Waals surface area contributed by atoms with Gasteiger partial charge in [-0.15, -0.1) is 12.4 Å². The summed E-state index contributed by atoms with van der Waals surface area (Å²) in [6, 6.07) is 8.84. The largest absolute Gasteiger partial charge is 0.416 e. The van der Waals surface area contributed by atoms with Crippen LogP contribution in [0.25, 0.3) is 0 Å². The van der Waals surface area contributed by atoms with Gasteiger partial charge in [-0.25, -0.2) is 9.37 Å². The minimum Gasteiger partial charge on any atom is -0.356 e. The third-order valence-corrected chi connectivity index (χ3v) is 7.40. The molecular weight excluding hydrogens is 617 g/mol. The van der Waals surface area contributed by atoms with Crippen LogP contribution in [0.5, 0.6) is 0 Å². The Bertz CT molecular complexity index is 1460. The van der Waals surface area contributed by atoms with Crippen LogP contribution >= 0.6 is 12.4 Å². The highest BCUT2D eigenvalue weighted by atomic mass is 35.5. The first-order chi connectivity index (χ1) is 20.0. The first-order valence-electron chi connectivity index (χ1n) is 13.3. The van der Waals surface area contributed by atoms with E-state index < -0.39 is 53.6 Å². The molecule has 2 aromatic carbocycles. The molecule has 2 atom stereocenters. The number of benzene rings is 2. The number of alkyl halides is 6. The van der Waals surface area contributed by atoms with E-state index in [1.165, 1.54) is 32.3 Å². The highest BCUT2D eigenvalue weighted by molar-refractivity contribution is 5.88. The standard InChI is InChI=1S/C30H29F7N4O2.ClH/c1-17-10-22(31)4-6-24(17)26-16-41(27-7-5-23(14-38-27)39-18(2)42)9-8-25(26)28(43)40(3)15-19-11-20(29(32,33)34)13-21(12-19)30(35,36)37;/h4-7,10-14,25-26H,8-9,15-16H2,1-3H3,(H,39,42);1H. The number of amides is 2. The Morgan fingerprint density at radius 1 is 1.00 bits per heavy atom. The van der Waals surface area contributed by atoms with Gasteiger partial charge in [0, 0.05) is 45.4 Å². The zero-order valence-electron chi connectivity index (χ0n) is 23.9. The van der Waals surface area contributed by atoms with E-state index in [2.05, 4.69) is 10.3 Å². The summed E-state index contributed by atoms with van der Waals surface area (Å²) in [5.74, 6) is -1.81. The van der Waals surface area contributed by atoms with Crippen molar-refractivity contribution in [2.24, 2.45) is 5.92 Å². The van der Waals surface area contributed by atoms with Gasteiger partial charge >= 0.3 is 12.4 Å². The molecule has 238 valence electrons. The second kappa shape index (κ2) is 13.4. The van der Waals surface area contributed by atoms with Crippen molar-refractivity contribution in [1.29, 1.82) is 0 Å². The normalized spacial score (nSPS) is 17.1. The number of hydrogen-bond donors (Lipinski definition) is 1. The monoisotopic (exact) mass is 646 g/mol. The molecule has 0 spiro atoms. The predicted octanol–water partition coefficient (Wildman–Crippen LogP) is 7.22. The number of piperidine rings is 1. The fraction of sp³-hybridized carbons (Fsp3) is 0.367. The minimum absolute atomic E-state index is 0. The Hall–Kier alpha value is -3.87. The molecule has 1 aliphatic rings. The molecule has 4 rings (SSSR count). The molecular formula is C30H30ClF7N4O2. The van der Waals surface area contributed by atoms with E-state index in [1.54, 1.807) is 25.1 Å². The van der Waals surface area contributed by atoms with Crippen LogP contribution in [-0.4, -0.2) is 41.8 Å². The molecule has 1 aromatic heterocycles. The molecule has 1 saturated heterocycles. The van der Waals surface area contributed by atoms with Crippen LogP contribution in [0.2, 0.25) is 0 Å². The van der Waals surface area contributed by atoms with Crippen molar-refractivity contribution < 1.29 is 40.3 Å². The fourth-order valence-electron chi connectivity index (χ4n) is 5.42. The van der Waals surface area contributed by atoms with Crippen molar-refractivity contribution in [1.82, 2.24) is 9.88 Å². The zero-order chi connectivity index (χ0) is 31.7. The molecule has 2 heterocycles. The van der Waals surface area contributed by atoms with Gasteiger partial charge in [-0.2, -0.15) is 26.3 Å². The number of aromatic nitrogens is 1. The maximum Gasteiger partial charge on any atom is 0.416 e. The smallest absolute Gasteiger partial charge is 0.356 e. The highest BCUT2D eigenvalue weighted by Gasteiger charge is 2.39. The number of halogens is 8. The van der Waals surface area contributed by atoms with Gasteiger partial charge in [-0.3, -0.25) is 9.59 Å². The summed E-state index contributed by atoms with van der Waals surface area (Å²) in [7, 11) is 1.33. The van der Waals surface area contributed by atoms with Gasteiger partial charge in [-0.05, 0) is 72.5 Å². The molecule has 0 radical (unpaired) electrons. The van der Waals surface area contributed by atoms with Gasteiger partial charge in [0.15, 0.2) is 0 Å². The summed E-state index contributed by atoms with van der Waals surface area (Å²) in [6.07, 6.45) is -8.24. The first kappa shape index (κ1) is 34.6. The Balaban J connectivity index is 0.00000529. The number of carbonyl (C=O) groups is 2. The number of hydrogen-bond acceptors (Lipinski definition) is 4. The van der Waals surface area contributed by atoms with Crippen LogP contribution in [0.1, 0.15) is 47.1 Å². The lowest BCUT2D eigenvalue weighted by atomic mass is 9.78. The van der Waals surface area contributed by atoms with Crippen LogP contribution < -0.4 is 10.2 Å². The maximum absolute atomic E-state index is 14.0. The molecule has 0 bridgehead atoms. The highest BCUT2D eigenvalue weighted by Crippen LogP contribution is 2.39. The number of carbonyl (C=O) groups excluding carboxylic acids is 2. The summed E-state index contributed by atoms with van der Waals surface area (Å²) in [4.78, 5) is 32.6. The Kier molecular flexibility index (Phi) is 10.6. The average molecular weight is 647 g/mol. The molecule has 2 amide bonds. The summed E-state index contributed by atoms with van der Waals surface area (Å²) >= 11 is 0. The third kappa shape index (κ3) is 8.19. The topological polar surface area (TPSA) is 65.5 Å². The van der Waals surface area contributed by atoms with Gasteiger partial charge in [0.2, 0.25) is 11.8 Å². The molecule has 3 aromatic rings. The first-order valence-corrected chi connectivity index (χ1v) is 13.3. The van der Waals surface area contributed by atoms with Gasteiger partial charge in [0.05, 0.1) is 23.0 Å². The Morgan fingerprint density at radius 3 is 2.16 bits per heavy atom. The summed E-state index contributed by atoms with van der Waals surface area (Å²) in [5.41, 5.74) is -1.45. The van der Waals surface area contributed by atoms with Crippen molar-refractivity contribution in [2.45, 2.75) is 45.1 Å². The Labute approximate surface area is 255 Å². The van der Waals surface area contributed by atoms with Crippen LogP contribution in [-0.2, 0) is 28.5 Å². The van der Waals surface area contributed by atoms with Crippen LogP contribution in [0.4, 0.5) is 42.2 Å². The van der Waals surface area contributed by atoms with E-state index in [0.717, 1.165) is 4.90 Å². The lowest BCUT2D eigenvalue weighted by molar-refractivity contribution is -0.143.